The van der Waals surface area contributed by atoms with Crippen LogP contribution in [0.1, 0.15) is 11.1 Å². The summed E-state index contributed by atoms with van der Waals surface area (Å²) in [5.74, 6) is -0.185. The standard InChI is InChI=1S/C14H12BrClFN/c15-13-6-5-12(16)7-11(13)9-18-8-10-3-1-2-4-14(10)17/h1-7,18H,8-9H2. The first-order valence-corrected chi connectivity index (χ1v) is 6.72. The number of hydrogen-bond donors (Lipinski definition) is 1. The van der Waals surface area contributed by atoms with Gasteiger partial charge in [0.1, 0.15) is 5.82 Å². The van der Waals surface area contributed by atoms with Gasteiger partial charge in [0.2, 0.25) is 0 Å². The first kappa shape index (κ1) is 13.5. The summed E-state index contributed by atoms with van der Waals surface area (Å²) in [6, 6.07) is 12.4. The second-order valence-electron chi connectivity index (χ2n) is 3.93. The van der Waals surface area contributed by atoms with Gasteiger partial charge in [-0.15, -0.1) is 0 Å². The van der Waals surface area contributed by atoms with Crippen LogP contribution in [0.3, 0.4) is 0 Å². The fourth-order valence-electron chi connectivity index (χ4n) is 1.65. The zero-order valence-electron chi connectivity index (χ0n) is 9.59. The van der Waals surface area contributed by atoms with E-state index in [0.29, 0.717) is 23.7 Å². The second-order valence-corrected chi connectivity index (χ2v) is 5.22. The molecule has 2 aromatic carbocycles. The third-order valence-electron chi connectivity index (χ3n) is 2.60. The Hall–Kier alpha value is -0.900. The van der Waals surface area contributed by atoms with Crippen molar-refractivity contribution in [2.45, 2.75) is 13.1 Å². The Morgan fingerprint density at radius 3 is 2.56 bits per heavy atom. The Bertz CT molecular complexity index is 545. The van der Waals surface area contributed by atoms with Crippen LogP contribution in [0.5, 0.6) is 0 Å². The first-order chi connectivity index (χ1) is 8.66. The van der Waals surface area contributed by atoms with E-state index in [4.69, 9.17) is 11.6 Å². The SMILES string of the molecule is Fc1ccccc1CNCc1cc(Cl)ccc1Br. The minimum atomic E-state index is -0.185. The van der Waals surface area contributed by atoms with Crippen LogP contribution >= 0.6 is 27.5 Å². The van der Waals surface area contributed by atoms with E-state index in [1.54, 1.807) is 12.1 Å². The van der Waals surface area contributed by atoms with Crippen LogP contribution in [0, 0.1) is 5.82 Å². The van der Waals surface area contributed by atoms with E-state index in [0.717, 1.165) is 10.0 Å². The van der Waals surface area contributed by atoms with Gasteiger partial charge in [0.25, 0.3) is 0 Å². The van der Waals surface area contributed by atoms with Crippen molar-refractivity contribution >= 4 is 27.5 Å². The van der Waals surface area contributed by atoms with Crippen LogP contribution < -0.4 is 5.32 Å². The maximum absolute atomic E-state index is 13.4. The van der Waals surface area contributed by atoms with E-state index < -0.39 is 0 Å². The van der Waals surface area contributed by atoms with Crippen LogP contribution in [-0.2, 0) is 13.1 Å². The van der Waals surface area contributed by atoms with Gasteiger partial charge in [-0.05, 0) is 29.8 Å². The Labute approximate surface area is 119 Å². The number of nitrogens with one attached hydrogen (secondary N) is 1. The summed E-state index contributed by atoms with van der Waals surface area (Å²) in [6.07, 6.45) is 0. The number of rotatable bonds is 4. The molecule has 0 aliphatic carbocycles. The lowest BCUT2D eigenvalue weighted by Gasteiger charge is -2.08. The fraction of sp³-hybridized carbons (Fsp3) is 0.143. The van der Waals surface area contributed by atoms with Crippen molar-refractivity contribution in [3.8, 4) is 0 Å². The van der Waals surface area contributed by atoms with Crippen LogP contribution in [0.4, 0.5) is 4.39 Å². The summed E-state index contributed by atoms with van der Waals surface area (Å²) in [7, 11) is 0. The number of benzene rings is 2. The summed E-state index contributed by atoms with van der Waals surface area (Å²) >= 11 is 9.39. The van der Waals surface area contributed by atoms with Gasteiger partial charge in [0.15, 0.2) is 0 Å². The minimum Gasteiger partial charge on any atom is -0.308 e. The molecule has 0 heterocycles. The topological polar surface area (TPSA) is 12.0 Å². The van der Waals surface area contributed by atoms with Gasteiger partial charge in [-0.2, -0.15) is 0 Å². The van der Waals surface area contributed by atoms with E-state index in [1.807, 2.05) is 24.3 Å². The lowest BCUT2D eigenvalue weighted by Crippen LogP contribution is -2.14. The molecular weight excluding hydrogens is 317 g/mol. The van der Waals surface area contributed by atoms with Gasteiger partial charge in [-0.3, -0.25) is 0 Å². The van der Waals surface area contributed by atoms with E-state index >= 15 is 0 Å². The molecule has 18 heavy (non-hydrogen) atoms. The highest BCUT2D eigenvalue weighted by molar-refractivity contribution is 9.10. The van der Waals surface area contributed by atoms with Crippen molar-refractivity contribution in [1.29, 1.82) is 0 Å². The third kappa shape index (κ3) is 3.55. The fourth-order valence-corrected chi connectivity index (χ4v) is 2.23. The third-order valence-corrected chi connectivity index (χ3v) is 3.61. The largest absolute Gasteiger partial charge is 0.308 e. The molecule has 0 saturated carbocycles. The molecule has 1 N–H and O–H groups in total. The number of halogens is 3. The second kappa shape index (κ2) is 6.32. The molecule has 94 valence electrons. The van der Waals surface area contributed by atoms with Gasteiger partial charge in [-0.1, -0.05) is 45.7 Å². The van der Waals surface area contributed by atoms with E-state index in [-0.39, 0.29) is 5.82 Å². The van der Waals surface area contributed by atoms with Crippen molar-refractivity contribution in [1.82, 2.24) is 5.32 Å². The molecule has 0 amide bonds. The minimum absolute atomic E-state index is 0.185. The van der Waals surface area contributed by atoms with Crippen molar-refractivity contribution in [2.24, 2.45) is 0 Å². The highest BCUT2D eigenvalue weighted by atomic mass is 79.9. The zero-order valence-corrected chi connectivity index (χ0v) is 11.9. The molecule has 0 unspecified atom stereocenters. The van der Waals surface area contributed by atoms with Gasteiger partial charge in [0.05, 0.1) is 0 Å². The van der Waals surface area contributed by atoms with Gasteiger partial charge >= 0.3 is 0 Å². The van der Waals surface area contributed by atoms with Crippen LogP contribution in [-0.4, -0.2) is 0 Å². The molecule has 0 aliphatic heterocycles. The Kier molecular flexibility index (Phi) is 4.75. The molecule has 0 aromatic heterocycles. The van der Waals surface area contributed by atoms with Gasteiger partial charge in [-0.25, -0.2) is 4.39 Å². The quantitative estimate of drug-likeness (QED) is 0.869. The molecule has 0 aliphatic rings. The average molecular weight is 329 g/mol. The van der Waals surface area contributed by atoms with E-state index in [9.17, 15) is 4.39 Å². The summed E-state index contributed by atoms with van der Waals surface area (Å²) in [5, 5.41) is 3.89. The molecule has 0 fully saturated rings. The molecule has 0 saturated heterocycles. The molecule has 0 atom stereocenters. The predicted molar refractivity (Wildman–Crippen MR) is 76.1 cm³/mol. The summed E-state index contributed by atoms with van der Waals surface area (Å²) < 4.78 is 14.4. The molecule has 2 aromatic rings. The molecule has 0 spiro atoms. The summed E-state index contributed by atoms with van der Waals surface area (Å²) in [4.78, 5) is 0. The van der Waals surface area contributed by atoms with E-state index in [1.165, 1.54) is 6.07 Å². The van der Waals surface area contributed by atoms with Crippen molar-refractivity contribution in [2.75, 3.05) is 0 Å². The normalized spacial score (nSPS) is 10.6. The van der Waals surface area contributed by atoms with Gasteiger partial charge < -0.3 is 5.32 Å². The number of hydrogen-bond acceptors (Lipinski definition) is 1. The smallest absolute Gasteiger partial charge is 0.127 e. The summed E-state index contributed by atoms with van der Waals surface area (Å²) in [6.45, 7) is 1.13. The van der Waals surface area contributed by atoms with Crippen LogP contribution in [0.2, 0.25) is 5.02 Å². The summed E-state index contributed by atoms with van der Waals surface area (Å²) in [5.41, 5.74) is 1.72. The monoisotopic (exact) mass is 327 g/mol. The van der Waals surface area contributed by atoms with E-state index in [2.05, 4.69) is 21.2 Å². The highest BCUT2D eigenvalue weighted by Gasteiger charge is 2.03. The Morgan fingerprint density at radius 2 is 1.78 bits per heavy atom. The van der Waals surface area contributed by atoms with Crippen molar-refractivity contribution in [3.63, 3.8) is 0 Å². The molecular formula is C14H12BrClFN. The Morgan fingerprint density at radius 1 is 1.06 bits per heavy atom. The predicted octanol–water partition coefficient (Wildman–Crippen LogP) is 4.53. The first-order valence-electron chi connectivity index (χ1n) is 5.55. The molecule has 1 nitrogen and oxygen atoms in total. The Balaban J connectivity index is 1.96. The molecule has 2 rings (SSSR count). The van der Waals surface area contributed by atoms with Crippen LogP contribution in [0.25, 0.3) is 0 Å². The highest BCUT2D eigenvalue weighted by Crippen LogP contribution is 2.21. The van der Waals surface area contributed by atoms with Gasteiger partial charge in [0, 0.05) is 28.1 Å². The zero-order chi connectivity index (χ0) is 13.0. The van der Waals surface area contributed by atoms with Crippen molar-refractivity contribution in [3.05, 3.63) is 68.9 Å². The molecule has 0 bridgehead atoms. The maximum atomic E-state index is 13.4. The maximum Gasteiger partial charge on any atom is 0.127 e. The van der Waals surface area contributed by atoms with Crippen LogP contribution in [0.15, 0.2) is 46.9 Å². The molecule has 4 heteroatoms. The lowest BCUT2D eigenvalue weighted by atomic mass is 10.2. The average Bonchev–Trinajstić information content (AvgIpc) is 2.36. The molecule has 0 radical (unpaired) electrons. The lowest BCUT2D eigenvalue weighted by molar-refractivity contribution is 0.587. The van der Waals surface area contributed by atoms with Crippen molar-refractivity contribution < 1.29 is 4.39 Å².